The monoisotopic (exact) mass is 410 g/mol. The third kappa shape index (κ3) is 3.22. The molecule has 0 radical (unpaired) electrons. The van der Waals surface area contributed by atoms with Gasteiger partial charge < -0.3 is 19.6 Å². The second-order valence-electron chi connectivity index (χ2n) is 7.55. The molecule has 3 aromatic carbocycles. The molecule has 2 heterocycles. The molecule has 2 aromatic heterocycles. The van der Waals surface area contributed by atoms with E-state index in [0.29, 0.717) is 17.0 Å². The summed E-state index contributed by atoms with van der Waals surface area (Å²) in [4.78, 5) is 21.0. The van der Waals surface area contributed by atoms with Crippen LogP contribution >= 0.6 is 0 Å². The highest BCUT2D eigenvalue weighted by atomic mass is 16.5. The zero-order valence-electron chi connectivity index (χ0n) is 17.6. The van der Waals surface area contributed by atoms with Crippen LogP contribution in [0.4, 0.5) is 5.69 Å². The fourth-order valence-electron chi connectivity index (χ4n) is 3.97. The summed E-state index contributed by atoms with van der Waals surface area (Å²) in [5.41, 5.74) is 4.95. The number of imidazole rings is 1. The topological polar surface area (TPSA) is 71.9 Å². The summed E-state index contributed by atoms with van der Waals surface area (Å²) in [6.07, 6.45) is 1.82. The van der Waals surface area contributed by atoms with Gasteiger partial charge in [0.15, 0.2) is 0 Å². The van der Waals surface area contributed by atoms with E-state index in [1.54, 1.807) is 7.11 Å². The number of aryl methyl sites for hydroxylation is 1. The number of aromatic nitrogens is 3. The second-order valence-corrected chi connectivity index (χ2v) is 7.55. The minimum absolute atomic E-state index is 0.183. The van der Waals surface area contributed by atoms with Crippen LogP contribution in [-0.4, -0.2) is 27.6 Å². The first-order chi connectivity index (χ1) is 15.0. The van der Waals surface area contributed by atoms with E-state index in [0.717, 1.165) is 38.9 Å². The van der Waals surface area contributed by atoms with Crippen LogP contribution in [0.5, 0.6) is 5.75 Å². The number of ether oxygens (including phenoxy) is 1. The molecule has 0 spiro atoms. The van der Waals surface area contributed by atoms with Crippen LogP contribution in [0.15, 0.2) is 66.9 Å². The number of aromatic amines is 1. The number of rotatable bonds is 4. The zero-order chi connectivity index (χ0) is 21.5. The first kappa shape index (κ1) is 18.9. The highest BCUT2D eigenvalue weighted by Gasteiger charge is 2.15. The summed E-state index contributed by atoms with van der Waals surface area (Å²) in [6.45, 7) is 1.95. The fraction of sp³-hybridized carbons (Fsp3) is 0.120. The molecule has 154 valence electrons. The predicted octanol–water partition coefficient (Wildman–Crippen LogP) is 5.29. The van der Waals surface area contributed by atoms with E-state index in [4.69, 9.17) is 4.74 Å². The number of methoxy groups -OCH3 is 1. The number of carbonyl (C=O) groups excluding carboxylic acids is 1. The average Bonchev–Trinajstić information content (AvgIpc) is 3.33. The molecule has 0 atom stereocenters. The molecule has 1 amide bonds. The van der Waals surface area contributed by atoms with E-state index in [-0.39, 0.29) is 5.91 Å². The second kappa shape index (κ2) is 7.32. The van der Waals surface area contributed by atoms with Crippen LogP contribution in [0, 0.1) is 6.92 Å². The van der Waals surface area contributed by atoms with Crippen molar-refractivity contribution in [2.24, 2.45) is 7.05 Å². The molecule has 2 N–H and O–H groups in total. The van der Waals surface area contributed by atoms with Crippen molar-refractivity contribution >= 4 is 33.4 Å². The molecule has 0 aliphatic heterocycles. The Balaban J connectivity index is 1.55. The van der Waals surface area contributed by atoms with E-state index < -0.39 is 0 Å². The van der Waals surface area contributed by atoms with Gasteiger partial charge in [0.2, 0.25) is 0 Å². The quantitative estimate of drug-likeness (QED) is 0.423. The van der Waals surface area contributed by atoms with Gasteiger partial charge in [-0.05, 0) is 31.2 Å². The van der Waals surface area contributed by atoms with Crippen molar-refractivity contribution in [3.8, 4) is 17.0 Å². The third-order valence-corrected chi connectivity index (χ3v) is 5.70. The smallest absolute Gasteiger partial charge is 0.257 e. The van der Waals surface area contributed by atoms with Crippen LogP contribution in [0.2, 0.25) is 0 Å². The van der Waals surface area contributed by atoms with Crippen molar-refractivity contribution < 1.29 is 9.53 Å². The number of fused-ring (bicyclic) bond motifs is 3. The van der Waals surface area contributed by atoms with Crippen LogP contribution < -0.4 is 10.1 Å². The summed E-state index contributed by atoms with van der Waals surface area (Å²) in [5.74, 6) is 1.39. The Hall–Kier alpha value is -4.06. The van der Waals surface area contributed by atoms with Gasteiger partial charge in [-0.1, -0.05) is 30.3 Å². The summed E-state index contributed by atoms with van der Waals surface area (Å²) in [6, 6.07) is 19.5. The standard InChI is InChI=1S/C25H22N4O2/c1-15-26-14-23(29(15)2)16-11-17(13-18(12-16)31-3)27-25(30)21-9-6-8-20-19-7-4-5-10-22(19)28-24(20)21/h4-14,28H,1-3H3,(H,27,30). The van der Waals surface area contributed by atoms with E-state index in [1.165, 1.54) is 0 Å². The molecule has 0 fully saturated rings. The van der Waals surface area contributed by atoms with Crippen LogP contribution in [-0.2, 0) is 7.05 Å². The number of nitrogens with zero attached hydrogens (tertiary/aromatic N) is 2. The summed E-state index contributed by atoms with van der Waals surface area (Å²) >= 11 is 0. The molecule has 5 rings (SSSR count). The molecule has 0 saturated heterocycles. The molecule has 6 nitrogen and oxygen atoms in total. The lowest BCUT2D eigenvalue weighted by molar-refractivity contribution is 0.102. The normalized spacial score (nSPS) is 11.2. The Morgan fingerprint density at radius 2 is 1.87 bits per heavy atom. The number of hydrogen-bond acceptors (Lipinski definition) is 3. The largest absolute Gasteiger partial charge is 0.497 e. The number of anilines is 1. The highest BCUT2D eigenvalue weighted by molar-refractivity contribution is 6.17. The first-order valence-corrected chi connectivity index (χ1v) is 10.0. The van der Waals surface area contributed by atoms with Gasteiger partial charge in [0.25, 0.3) is 5.91 Å². The van der Waals surface area contributed by atoms with Crippen molar-refractivity contribution in [2.75, 3.05) is 12.4 Å². The molecule has 6 heteroatoms. The van der Waals surface area contributed by atoms with Crippen LogP contribution in [0.3, 0.4) is 0 Å². The van der Waals surface area contributed by atoms with Gasteiger partial charge in [-0.15, -0.1) is 0 Å². The first-order valence-electron chi connectivity index (χ1n) is 10.0. The zero-order valence-corrected chi connectivity index (χ0v) is 17.6. The van der Waals surface area contributed by atoms with E-state index in [2.05, 4.69) is 21.4 Å². The summed E-state index contributed by atoms with van der Waals surface area (Å²) < 4.78 is 7.48. The third-order valence-electron chi connectivity index (χ3n) is 5.70. The minimum atomic E-state index is -0.183. The molecular weight excluding hydrogens is 388 g/mol. The van der Waals surface area contributed by atoms with Gasteiger partial charge in [-0.3, -0.25) is 4.79 Å². The van der Waals surface area contributed by atoms with E-state index >= 15 is 0 Å². The lowest BCUT2D eigenvalue weighted by Gasteiger charge is -2.12. The Kier molecular flexibility index (Phi) is 4.47. The molecule has 0 bridgehead atoms. The number of H-pyrrole nitrogens is 1. The highest BCUT2D eigenvalue weighted by Crippen LogP contribution is 2.31. The summed E-state index contributed by atoms with van der Waals surface area (Å²) in [5, 5.41) is 5.16. The van der Waals surface area contributed by atoms with Crippen molar-refractivity contribution in [3.05, 3.63) is 78.2 Å². The predicted molar refractivity (Wildman–Crippen MR) is 124 cm³/mol. The lowest BCUT2D eigenvalue weighted by Crippen LogP contribution is -2.12. The number of para-hydroxylation sites is 2. The Morgan fingerprint density at radius 3 is 2.65 bits per heavy atom. The van der Waals surface area contributed by atoms with Gasteiger partial charge in [-0.25, -0.2) is 4.98 Å². The molecular formula is C25H22N4O2. The van der Waals surface area contributed by atoms with Crippen molar-refractivity contribution in [3.63, 3.8) is 0 Å². The Bertz CT molecular complexity index is 1450. The van der Waals surface area contributed by atoms with Gasteiger partial charge in [0.05, 0.1) is 30.1 Å². The van der Waals surface area contributed by atoms with Gasteiger partial charge in [-0.2, -0.15) is 0 Å². The fourth-order valence-corrected chi connectivity index (χ4v) is 3.97. The van der Waals surface area contributed by atoms with Gasteiger partial charge in [0.1, 0.15) is 11.6 Å². The SMILES string of the molecule is COc1cc(NC(=O)c2cccc3c2[nH]c2ccccc23)cc(-c2cnc(C)n2C)c1. The molecule has 0 unspecified atom stereocenters. The number of hydrogen-bond donors (Lipinski definition) is 2. The minimum Gasteiger partial charge on any atom is -0.497 e. The molecule has 0 aliphatic rings. The molecule has 0 saturated carbocycles. The molecule has 5 aromatic rings. The van der Waals surface area contributed by atoms with Crippen LogP contribution in [0.1, 0.15) is 16.2 Å². The van der Waals surface area contributed by atoms with Crippen molar-refractivity contribution in [1.29, 1.82) is 0 Å². The van der Waals surface area contributed by atoms with Gasteiger partial charge in [0, 0.05) is 40.7 Å². The Morgan fingerprint density at radius 1 is 1.06 bits per heavy atom. The number of nitrogens with one attached hydrogen (secondary N) is 2. The molecule has 31 heavy (non-hydrogen) atoms. The van der Waals surface area contributed by atoms with Gasteiger partial charge >= 0.3 is 0 Å². The maximum atomic E-state index is 13.2. The van der Waals surface area contributed by atoms with Crippen molar-refractivity contribution in [2.45, 2.75) is 6.92 Å². The van der Waals surface area contributed by atoms with E-state index in [1.807, 2.05) is 79.3 Å². The average molecular weight is 410 g/mol. The van der Waals surface area contributed by atoms with E-state index in [9.17, 15) is 4.79 Å². The number of benzene rings is 3. The summed E-state index contributed by atoms with van der Waals surface area (Å²) in [7, 11) is 3.58. The maximum absolute atomic E-state index is 13.2. The maximum Gasteiger partial charge on any atom is 0.257 e. The van der Waals surface area contributed by atoms with Crippen molar-refractivity contribution in [1.82, 2.24) is 14.5 Å². The molecule has 0 aliphatic carbocycles. The van der Waals surface area contributed by atoms with Crippen LogP contribution in [0.25, 0.3) is 33.1 Å². The Labute approximate surface area is 179 Å². The lowest BCUT2D eigenvalue weighted by atomic mass is 10.1. The number of amides is 1. The number of carbonyl (C=O) groups is 1.